The summed E-state index contributed by atoms with van der Waals surface area (Å²) in [7, 11) is 3.36. The Labute approximate surface area is 168 Å². The molecule has 1 aliphatic heterocycles. The number of aliphatic hydroxyl groups is 1. The van der Waals surface area contributed by atoms with Crippen LogP contribution >= 0.6 is 0 Å². The Hall–Kier alpha value is -2.04. The maximum Gasteiger partial charge on any atom is 0.118 e. The quantitative estimate of drug-likeness (QED) is 0.703. The third kappa shape index (κ3) is 4.34. The first kappa shape index (κ1) is 20.7. The standard InChI is InChI=1S/C24H33NO3/c1-5-6-15-24(26)16-22(18-7-11-20(27-3)12-8-18)25-23(17(24)2)19-9-13-21(28-4)14-10-19/h7-14,17,22-23,25-26H,5-6,15-16H2,1-4H3/t17-,22-,23+,24-/m0/s1. The van der Waals surface area contributed by atoms with Crippen LogP contribution in [0.25, 0.3) is 0 Å². The molecule has 0 bridgehead atoms. The maximum absolute atomic E-state index is 11.6. The van der Waals surface area contributed by atoms with Crippen molar-refractivity contribution in [2.75, 3.05) is 14.2 Å². The van der Waals surface area contributed by atoms with E-state index in [0.717, 1.165) is 30.8 Å². The number of benzene rings is 2. The predicted molar refractivity (Wildman–Crippen MR) is 113 cm³/mol. The third-order valence-corrected chi connectivity index (χ3v) is 6.24. The Balaban J connectivity index is 1.92. The van der Waals surface area contributed by atoms with Gasteiger partial charge >= 0.3 is 0 Å². The number of methoxy groups -OCH3 is 2. The van der Waals surface area contributed by atoms with Crippen LogP contribution in [0.1, 0.15) is 62.7 Å². The minimum atomic E-state index is -0.698. The first-order chi connectivity index (χ1) is 13.5. The van der Waals surface area contributed by atoms with Crippen LogP contribution in [-0.4, -0.2) is 24.9 Å². The van der Waals surface area contributed by atoms with Gasteiger partial charge in [-0.15, -0.1) is 0 Å². The summed E-state index contributed by atoms with van der Waals surface area (Å²) >= 11 is 0. The van der Waals surface area contributed by atoms with Gasteiger partial charge in [-0.1, -0.05) is 51.0 Å². The fourth-order valence-corrected chi connectivity index (χ4v) is 4.33. The molecule has 4 heteroatoms. The van der Waals surface area contributed by atoms with E-state index >= 15 is 0 Å². The normalized spacial score (nSPS) is 27.4. The molecule has 0 spiro atoms. The van der Waals surface area contributed by atoms with E-state index in [-0.39, 0.29) is 18.0 Å². The van der Waals surface area contributed by atoms with Crippen molar-refractivity contribution in [1.29, 1.82) is 0 Å². The summed E-state index contributed by atoms with van der Waals surface area (Å²) in [4.78, 5) is 0. The number of rotatable bonds is 7. The molecule has 0 saturated carbocycles. The van der Waals surface area contributed by atoms with Gasteiger partial charge in [0.1, 0.15) is 11.5 Å². The van der Waals surface area contributed by atoms with Crippen molar-refractivity contribution in [3.8, 4) is 11.5 Å². The molecule has 0 unspecified atom stereocenters. The lowest BCUT2D eigenvalue weighted by molar-refractivity contribution is -0.0752. The van der Waals surface area contributed by atoms with Gasteiger partial charge < -0.3 is 19.9 Å². The van der Waals surface area contributed by atoms with Crippen LogP contribution in [0.5, 0.6) is 11.5 Å². The molecule has 0 aromatic heterocycles. The van der Waals surface area contributed by atoms with Crippen LogP contribution < -0.4 is 14.8 Å². The van der Waals surface area contributed by atoms with Crippen molar-refractivity contribution < 1.29 is 14.6 Å². The lowest BCUT2D eigenvalue weighted by Gasteiger charge is -2.48. The van der Waals surface area contributed by atoms with E-state index in [1.165, 1.54) is 11.1 Å². The molecule has 152 valence electrons. The number of ether oxygens (including phenoxy) is 2. The molecule has 1 aliphatic rings. The van der Waals surface area contributed by atoms with Gasteiger partial charge in [0.25, 0.3) is 0 Å². The number of hydrogen-bond donors (Lipinski definition) is 2. The summed E-state index contributed by atoms with van der Waals surface area (Å²) in [5.74, 6) is 1.81. The summed E-state index contributed by atoms with van der Waals surface area (Å²) in [6, 6.07) is 16.5. The average Bonchev–Trinajstić information content (AvgIpc) is 2.74. The van der Waals surface area contributed by atoms with Gasteiger partial charge in [-0.3, -0.25) is 0 Å². The number of hydrogen-bond acceptors (Lipinski definition) is 4. The molecular weight excluding hydrogens is 350 g/mol. The van der Waals surface area contributed by atoms with Crippen molar-refractivity contribution in [2.45, 2.75) is 57.2 Å². The minimum Gasteiger partial charge on any atom is -0.497 e. The number of nitrogens with one attached hydrogen (secondary N) is 1. The van der Waals surface area contributed by atoms with Gasteiger partial charge in [-0.05, 0) is 48.2 Å². The van der Waals surface area contributed by atoms with E-state index in [0.29, 0.717) is 6.42 Å². The molecule has 1 fully saturated rings. The molecule has 1 heterocycles. The maximum atomic E-state index is 11.6. The molecule has 2 N–H and O–H groups in total. The monoisotopic (exact) mass is 383 g/mol. The SMILES string of the molecule is CCCC[C@]1(O)C[C@@H](c2ccc(OC)cc2)N[C@@H](c2ccc(OC)cc2)[C@@H]1C. The first-order valence-corrected chi connectivity index (χ1v) is 10.3. The molecule has 0 aliphatic carbocycles. The van der Waals surface area contributed by atoms with Crippen LogP contribution in [-0.2, 0) is 0 Å². The van der Waals surface area contributed by atoms with E-state index in [1.807, 2.05) is 24.3 Å². The molecule has 2 aromatic carbocycles. The Morgan fingerprint density at radius 1 is 0.964 bits per heavy atom. The van der Waals surface area contributed by atoms with Crippen molar-refractivity contribution in [3.05, 3.63) is 59.7 Å². The van der Waals surface area contributed by atoms with E-state index in [4.69, 9.17) is 9.47 Å². The Morgan fingerprint density at radius 2 is 1.50 bits per heavy atom. The fraction of sp³-hybridized carbons (Fsp3) is 0.500. The average molecular weight is 384 g/mol. The second-order valence-electron chi connectivity index (χ2n) is 7.94. The van der Waals surface area contributed by atoms with E-state index in [2.05, 4.69) is 43.4 Å². The topological polar surface area (TPSA) is 50.7 Å². The third-order valence-electron chi connectivity index (χ3n) is 6.24. The largest absolute Gasteiger partial charge is 0.497 e. The molecule has 28 heavy (non-hydrogen) atoms. The molecular formula is C24H33NO3. The summed E-state index contributed by atoms with van der Waals surface area (Å²) < 4.78 is 10.6. The fourth-order valence-electron chi connectivity index (χ4n) is 4.33. The summed E-state index contributed by atoms with van der Waals surface area (Å²) in [5, 5.41) is 15.4. The Morgan fingerprint density at radius 3 is 2.00 bits per heavy atom. The van der Waals surface area contributed by atoms with Crippen LogP contribution in [0.15, 0.2) is 48.5 Å². The van der Waals surface area contributed by atoms with Gasteiger partial charge in [-0.2, -0.15) is 0 Å². The lowest BCUT2D eigenvalue weighted by atomic mass is 9.70. The second kappa shape index (κ2) is 8.97. The van der Waals surface area contributed by atoms with Crippen LogP contribution in [0.4, 0.5) is 0 Å². The van der Waals surface area contributed by atoms with Crippen molar-refractivity contribution >= 4 is 0 Å². The zero-order valence-corrected chi connectivity index (χ0v) is 17.4. The highest BCUT2D eigenvalue weighted by molar-refractivity contribution is 5.33. The van der Waals surface area contributed by atoms with E-state index in [1.54, 1.807) is 14.2 Å². The summed E-state index contributed by atoms with van der Waals surface area (Å²) in [6.07, 6.45) is 3.66. The van der Waals surface area contributed by atoms with Crippen LogP contribution in [0.3, 0.4) is 0 Å². The van der Waals surface area contributed by atoms with Gasteiger partial charge in [0.15, 0.2) is 0 Å². The highest BCUT2D eigenvalue weighted by atomic mass is 16.5. The molecule has 0 amide bonds. The van der Waals surface area contributed by atoms with Gasteiger partial charge in [-0.25, -0.2) is 0 Å². The molecule has 2 aromatic rings. The van der Waals surface area contributed by atoms with Crippen LogP contribution in [0.2, 0.25) is 0 Å². The molecule has 1 saturated heterocycles. The molecule has 4 nitrogen and oxygen atoms in total. The van der Waals surface area contributed by atoms with E-state index < -0.39 is 5.60 Å². The van der Waals surface area contributed by atoms with Gasteiger partial charge in [0.2, 0.25) is 0 Å². The zero-order chi connectivity index (χ0) is 20.1. The minimum absolute atomic E-state index is 0.0774. The van der Waals surface area contributed by atoms with E-state index in [9.17, 15) is 5.11 Å². The molecule has 3 rings (SSSR count). The number of piperidine rings is 1. The Kier molecular flexibility index (Phi) is 6.63. The summed E-state index contributed by atoms with van der Waals surface area (Å²) in [5.41, 5.74) is 1.67. The van der Waals surface area contributed by atoms with Crippen molar-refractivity contribution in [3.63, 3.8) is 0 Å². The highest BCUT2D eigenvalue weighted by Gasteiger charge is 2.45. The highest BCUT2D eigenvalue weighted by Crippen LogP contribution is 2.45. The van der Waals surface area contributed by atoms with Gasteiger partial charge in [0.05, 0.1) is 19.8 Å². The predicted octanol–water partition coefficient (Wildman–Crippen LogP) is 5.04. The van der Waals surface area contributed by atoms with Crippen LogP contribution in [0, 0.1) is 5.92 Å². The second-order valence-corrected chi connectivity index (χ2v) is 7.94. The smallest absolute Gasteiger partial charge is 0.118 e. The zero-order valence-electron chi connectivity index (χ0n) is 17.4. The van der Waals surface area contributed by atoms with Crippen molar-refractivity contribution in [1.82, 2.24) is 5.32 Å². The van der Waals surface area contributed by atoms with Crippen molar-refractivity contribution in [2.24, 2.45) is 5.92 Å². The summed E-state index contributed by atoms with van der Waals surface area (Å²) in [6.45, 7) is 4.35. The Bertz CT molecular complexity index is 743. The molecule has 0 radical (unpaired) electrons. The van der Waals surface area contributed by atoms with Gasteiger partial charge in [0, 0.05) is 18.0 Å². The lowest BCUT2D eigenvalue weighted by Crippen LogP contribution is -2.52. The first-order valence-electron chi connectivity index (χ1n) is 10.3. The molecule has 4 atom stereocenters. The number of unbranched alkanes of at least 4 members (excludes halogenated alkanes) is 1.